The summed E-state index contributed by atoms with van der Waals surface area (Å²) in [7, 11) is 0. The fourth-order valence-corrected chi connectivity index (χ4v) is 7.61. The summed E-state index contributed by atoms with van der Waals surface area (Å²) in [6.07, 6.45) is 13.4. The summed E-state index contributed by atoms with van der Waals surface area (Å²) in [4.78, 5) is 0. The molecule has 0 aromatic heterocycles. The van der Waals surface area contributed by atoms with Gasteiger partial charge in [0.1, 0.15) is 0 Å². The monoisotopic (exact) mass is 302 g/mol. The Balaban J connectivity index is 1.63. The largest absolute Gasteiger partial charge is 0.389 e. The van der Waals surface area contributed by atoms with Crippen molar-refractivity contribution in [2.24, 2.45) is 35.0 Å². The van der Waals surface area contributed by atoms with Gasteiger partial charge in [0, 0.05) is 5.92 Å². The van der Waals surface area contributed by atoms with Crippen molar-refractivity contribution in [1.82, 2.24) is 0 Å². The Morgan fingerprint density at radius 2 is 1.77 bits per heavy atom. The maximum Gasteiger partial charge on any atom is 0.0743 e. The molecule has 0 aliphatic heterocycles. The quantitative estimate of drug-likeness (QED) is 0.648. The zero-order valence-electron chi connectivity index (χ0n) is 14.6. The maximum atomic E-state index is 11.5. The molecule has 1 nitrogen and oxygen atoms in total. The molecule has 1 heteroatoms. The predicted octanol–water partition coefficient (Wildman–Crippen LogP) is 5.34. The van der Waals surface area contributed by atoms with Crippen LogP contribution in [0.3, 0.4) is 0 Å². The standard InChI is InChI=1S/C21H34O/c1-14(2)17-9-10-19-16-8-7-15-6-4-5-12-20(15,3)18(16)11-13-21(17,19)22/h15-19,22H,1,4-13H2,2-3H3. The van der Waals surface area contributed by atoms with Gasteiger partial charge in [-0.1, -0.05) is 31.9 Å². The molecular weight excluding hydrogens is 268 g/mol. The van der Waals surface area contributed by atoms with Gasteiger partial charge in [0.25, 0.3) is 0 Å². The lowest BCUT2D eigenvalue weighted by atomic mass is 9.46. The average molecular weight is 303 g/mol. The van der Waals surface area contributed by atoms with Crippen molar-refractivity contribution in [2.75, 3.05) is 0 Å². The summed E-state index contributed by atoms with van der Waals surface area (Å²) in [6, 6.07) is 0. The van der Waals surface area contributed by atoms with Crippen LogP contribution in [0.15, 0.2) is 12.2 Å². The second-order valence-corrected chi connectivity index (χ2v) is 9.41. The third-order valence-electron chi connectivity index (χ3n) is 8.64. The molecule has 0 heterocycles. The molecule has 4 saturated carbocycles. The Kier molecular flexibility index (Phi) is 3.53. The molecule has 0 aromatic carbocycles. The fraction of sp³-hybridized carbons (Fsp3) is 0.905. The average Bonchev–Trinajstić information content (AvgIpc) is 2.84. The van der Waals surface area contributed by atoms with Crippen LogP contribution in [0.1, 0.15) is 78.1 Å². The highest BCUT2D eigenvalue weighted by atomic mass is 16.3. The van der Waals surface area contributed by atoms with E-state index in [1.165, 1.54) is 63.4 Å². The van der Waals surface area contributed by atoms with Gasteiger partial charge in [0.2, 0.25) is 0 Å². The van der Waals surface area contributed by atoms with Gasteiger partial charge >= 0.3 is 0 Å². The predicted molar refractivity (Wildman–Crippen MR) is 91.5 cm³/mol. The SMILES string of the molecule is C=C(C)C1CCC2C3CCC4CCCCC4(C)C3CCC12O. The van der Waals surface area contributed by atoms with E-state index < -0.39 is 5.60 Å². The smallest absolute Gasteiger partial charge is 0.0743 e. The minimum absolute atomic E-state index is 0.371. The Bertz CT molecular complexity index is 469. The van der Waals surface area contributed by atoms with Crippen LogP contribution in [0.25, 0.3) is 0 Å². The summed E-state index contributed by atoms with van der Waals surface area (Å²) in [5, 5.41) is 11.5. The van der Waals surface area contributed by atoms with Crippen LogP contribution in [0, 0.1) is 35.0 Å². The second-order valence-electron chi connectivity index (χ2n) is 9.41. The lowest BCUT2D eigenvalue weighted by Crippen LogP contribution is -2.56. The molecule has 7 atom stereocenters. The van der Waals surface area contributed by atoms with Crippen molar-refractivity contribution in [3.63, 3.8) is 0 Å². The molecule has 0 spiro atoms. The van der Waals surface area contributed by atoms with E-state index in [-0.39, 0.29) is 0 Å². The molecule has 4 aliphatic carbocycles. The van der Waals surface area contributed by atoms with Gasteiger partial charge in [-0.05, 0) is 87.4 Å². The number of hydrogen-bond acceptors (Lipinski definition) is 1. The number of aliphatic hydroxyl groups is 1. The minimum Gasteiger partial charge on any atom is -0.389 e. The summed E-state index contributed by atoms with van der Waals surface area (Å²) >= 11 is 0. The first kappa shape index (κ1) is 15.2. The highest BCUT2D eigenvalue weighted by Gasteiger charge is 2.60. The van der Waals surface area contributed by atoms with Crippen LogP contribution in [-0.4, -0.2) is 10.7 Å². The van der Waals surface area contributed by atoms with Gasteiger partial charge < -0.3 is 5.11 Å². The topological polar surface area (TPSA) is 20.2 Å². The molecule has 7 unspecified atom stereocenters. The van der Waals surface area contributed by atoms with Crippen LogP contribution in [0.5, 0.6) is 0 Å². The van der Waals surface area contributed by atoms with Crippen LogP contribution >= 0.6 is 0 Å². The van der Waals surface area contributed by atoms with E-state index in [9.17, 15) is 5.11 Å². The van der Waals surface area contributed by atoms with Gasteiger partial charge in [-0.3, -0.25) is 0 Å². The number of rotatable bonds is 1. The lowest BCUT2D eigenvalue weighted by molar-refractivity contribution is -0.150. The van der Waals surface area contributed by atoms with Gasteiger partial charge in [-0.15, -0.1) is 0 Å². The Morgan fingerprint density at radius 1 is 0.955 bits per heavy atom. The fourth-order valence-electron chi connectivity index (χ4n) is 7.61. The van der Waals surface area contributed by atoms with Crippen LogP contribution in [0.4, 0.5) is 0 Å². The van der Waals surface area contributed by atoms with Gasteiger partial charge in [-0.25, -0.2) is 0 Å². The first-order chi connectivity index (χ1) is 10.5. The molecule has 4 aliphatic rings. The summed E-state index contributed by atoms with van der Waals surface area (Å²) in [5.41, 5.74) is 1.40. The molecule has 4 rings (SSSR count). The zero-order chi connectivity index (χ0) is 15.5. The zero-order valence-corrected chi connectivity index (χ0v) is 14.6. The Morgan fingerprint density at radius 3 is 2.55 bits per heavy atom. The van der Waals surface area contributed by atoms with Crippen LogP contribution in [0.2, 0.25) is 0 Å². The van der Waals surface area contributed by atoms with E-state index in [2.05, 4.69) is 20.4 Å². The van der Waals surface area contributed by atoms with Crippen molar-refractivity contribution in [3.8, 4) is 0 Å². The van der Waals surface area contributed by atoms with E-state index in [0.717, 1.165) is 24.2 Å². The summed E-state index contributed by atoms with van der Waals surface area (Å²) in [6.45, 7) is 8.95. The Labute approximate surface area is 136 Å². The summed E-state index contributed by atoms with van der Waals surface area (Å²) in [5.74, 6) is 3.60. The molecular formula is C21H34O. The van der Waals surface area contributed by atoms with E-state index in [0.29, 0.717) is 17.3 Å². The highest BCUT2D eigenvalue weighted by Crippen LogP contribution is 2.65. The van der Waals surface area contributed by atoms with Crippen molar-refractivity contribution in [1.29, 1.82) is 0 Å². The highest BCUT2D eigenvalue weighted by molar-refractivity contribution is 5.17. The van der Waals surface area contributed by atoms with E-state index in [1.807, 2.05) is 0 Å². The third kappa shape index (κ3) is 1.93. The van der Waals surface area contributed by atoms with Crippen LogP contribution < -0.4 is 0 Å². The molecule has 0 aromatic rings. The molecule has 4 fully saturated rings. The van der Waals surface area contributed by atoms with Gasteiger partial charge in [0.05, 0.1) is 5.60 Å². The molecule has 0 radical (unpaired) electrons. The lowest BCUT2D eigenvalue weighted by Gasteiger charge is -2.60. The second kappa shape index (κ2) is 5.10. The molecule has 0 amide bonds. The number of hydrogen-bond donors (Lipinski definition) is 1. The molecule has 0 saturated heterocycles. The third-order valence-corrected chi connectivity index (χ3v) is 8.64. The van der Waals surface area contributed by atoms with Crippen molar-refractivity contribution in [2.45, 2.75) is 83.7 Å². The van der Waals surface area contributed by atoms with Crippen molar-refractivity contribution < 1.29 is 5.11 Å². The Hall–Kier alpha value is -0.300. The first-order valence-electron chi connectivity index (χ1n) is 9.84. The van der Waals surface area contributed by atoms with Crippen molar-refractivity contribution in [3.05, 3.63) is 12.2 Å². The molecule has 22 heavy (non-hydrogen) atoms. The van der Waals surface area contributed by atoms with Gasteiger partial charge in [-0.2, -0.15) is 0 Å². The minimum atomic E-state index is -0.412. The summed E-state index contributed by atoms with van der Waals surface area (Å²) < 4.78 is 0. The molecule has 124 valence electrons. The number of fused-ring (bicyclic) bond motifs is 5. The normalized spacial score (nSPS) is 54.2. The molecule has 0 bridgehead atoms. The van der Waals surface area contributed by atoms with Crippen LogP contribution in [-0.2, 0) is 0 Å². The first-order valence-corrected chi connectivity index (χ1v) is 9.84. The molecule has 1 N–H and O–H groups in total. The van der Waals surface area contributed by atoms with E-state index in [1.54, 1.807) is 0 Å². The van der Waals surface area contributed by atoms with Gasteiger partial charge in [0.15, 0.2) is 0 Å². The van der Waals surface area contributed by atoms with Crippen molar-refractivity contribution >= 4 is 0 Å². The van der Waals surface area contributed by atoms with E-state index >= 15 is 0 Å². The van der Waals surface area contributed by atoms with E-state index in [4.69, 9.17) is 0 Å². The maximum absolute atomic E-state index is 11.5.